The highest BCUT2D eigenvalue weighted by Gasteiger charge is 1.96. The lowest BCUT2D eigenvalue weighted by atomic mass is 10.1. The molecular weight excluding hydrogens is 214 g/mol. The van der Waals surface area contributed by atoms with Gasteiger partial charge in [-0.05, 0) is 37.5 Å². The van der Waals surface area contributed by atoms with Gasteiger partial charge in [-0.25, -0.2) is 0 Å². The summed E-state index contributed by atoms with van der Waals surface area (Å²) in [4.78, 5) is 10.7. The molecule has 0 aliphatic rings. The minimum absolute atomic E-state index is 0.233. The quantitative estimate of drug-likeness (QED) is 0.678. The van der Waals surface area contributed by atoms with Gasteiger partial charge in [-0.2, -0.15) is 5.26 Å². The van der Waals surface area contributed by atoms with Crippen LogP contribution in [0.25, 0.3) is 0 Å². The molecule has 3 nitrogen and oxygen atoms in total. The van der Waals surface area contributed by atoms with Crippen LogP contribution in [-0.4, -0.2) is 12.4 Å². The van der Waals surface area contributed by atoms with Crippen LogP contribution in [0.5, 0.6) is 0 Å². The summed E-state index contributed by atoms with van der Waals surface area (Å²) in [6.07, 6.45) is 2.44. The zero-order chi connectivity index (χ0) is 12.5. The fourth-order valence-corrected chi connectivity index (χ4v) is 1.44. The summed E-state index contributed by atoms with van der Waals surface area (Å²) in [5, 5.41) is 8.64. The van der Waals surface area contributed by atoms with E-state index in [2.05, 4.69) is 6.07 Å². The number of hydrogen-bond acceptors (Lipinski definition) is 3. The molecule has 1 aromatic rings. The monoisotopic (exact) mass is 231 g/mol. The number of nitrogens with zero attached hydrogens (tertiary/aromatic N) is 1. The van der Waals surface area contributed by atoms with Gasteiger partial charge in [0.1, 0.15) is 5.78 Å². The van der Waals surface area contributed by atoms with Gasteiger partial charge in [-0.1, -0.05) is 12.1 Å². The van der Waals surface area contributed by atoms with E-state index in [1.54, 1.807) is 19.1 Å². The highest BCUT2D eigenvalue weighted by molar-refractivity contribution is 5.75. The largest absolute Gasteiger partial charge is 0.377 e. The van der Waals surface area contributed by atoms with E-state index in [0.29, 0.717) is 25.2 Å². The lowest BCUT2D eigenvalue weighted by molar-refractivity contribution is -0.117. The van der Waals surface area contributed by atoms with Crippen LogP contribution in [0, 0.1) is 11.3 Å². The molecule has 1 rings (SSSR count). The number of carbonyl (C=O) groups excluding carboxylic acids is 1. The molecule has 0 saturated carbocycles. The van der Waals surface area contributed by atoms with Crippen molar-refractivity contribution in [3.8, 4) is 6.07 Å². The Morgan fingerprint density at radius 2 is 2.00 bits per heavy atom. The van der Waals surface area contributed by atoms with Crippen LogP contribution < -0.4 is 0 Å². The summed E-state index contributed by atoms with van der Waals surface area (Å²) in [7, 11) is 0. The van der Waals surface area contributed by atoms with Crippen molar-refractivity contribution < 1.29 is 9.53 Å². The van der Waals surface area contributed by atoms with Gasteiger partial charge < -0.3 is 9.53 Å². The smallest absolute Gasteiger partial charge is 0.129 e. The summed E-state index contributed by atoms with van der Waals surface area (Å²) in [5.74, 6) is 0.233. The Bertz CT molecular complexity index is 390. The Morgan fingerprint density at radius 1 is 1.29 bits per heavy atom. The van der Waals surface area contributed by atoms with Crippen molar-refractivity contribution >= 4 is 5.78 Å². The van der Waals surface area contributed by atoms with E-state index in [4.69, 9.17) is 10.00 Å². The first kappa shape index (κ1) is 13.4. The van der Waals surface area contributed by atoms with Gasteiger partial charge in [0.15, 0.2) is 0 Å². The third-order valence-corrected chi connectivity index (χ3v) is 2.42. The first-order chi connectivity index (χ1) is 8.22. The summed E-state index contributed by atoms with van der Waals surface area (Å²) in [6.45, 7) is 2.84. The number of hydrogen-bond donors (Lipinski definition) is 0. The Morgan fingerprint density at radius 3 is 2.59 bits per heavy atom. The molecular formula is C14H17NO2. The number of rotatable bonds is 7. The zero-order valence-corrected chi connectivity index (χ0v) is 10.1. The van der Waals surface area contributed by atoms with E-state index in [0.717, 1.165) is 18.4 Å². The van der Waals surface area contributed by atoms with Crippen molar-refractivity contribution in [1.82, 2.24) is 0 Å². The average molecular weight is 231 g/mol. The average Bonchev–Trinajstić information content (AvgIpc) is 2.34. The van der Waals surface area contributed by atoms with Crippen molar-refractivity contribution in [2.45, 2.75) is 32.8 Å². The van der Waals surface area contributed by atoms with E-state index >= 15 is 0 Å². The maximum Gasteiger partial charge on any atom is 0.129 e. The number of carbonyl (C=O) groups is 1. The zero-order valence-electron chi connectivity index (χ0n) is 10.1. The molecule has 0 amide bonds. The molecule has 0 N–H and O–H groups in total. The number of ketones is 1. The molecule has 17 heavy (non-hydrogen) atoms. The molecule has 90 valence electrons. The summed E-state index contributed by atoms with van der Waals surface area (Å²) in [6, 6.07) is 9.44. The SMILES string of the molecule is CC(=O)CCCCOCc1ccc(C#N)cc1. The molecule has 0 aliphatic heterocycles. The second-order valence-electron chi connectivity index (χ2n) is 4.02. The van der Waals surface area contributed by atoms with Crippen molar-refractivity contribution in [3.05, 3.63) is 35.4 Å². The molecule has 0 spiro atoms. The molecule has 0 saturated heterocycles. The van der Waals surface area contributed by atoms with Gasteiger partial charge >= 0.3 is 0 Å². The minimum atomic E-state index is 0.233. The Kier molecular flexibility index (Phi) is 5.98. The minimum Gasteiger partial charge on any atom is -0.377 e. The fourth-order valence-electron chi connectivity index (χ4n) is 1.44. The molecule has 0 aliphatic carbocycles. The number of ether oxygens (including phenoxy) is 1. The molecule has 0 heterocycles. The number of nitriles is 1. The predicted molar refractivity (Wildman–Crippen MR) is 65.3 cm³/mol. The van der Waals surface area contributed by atoms with Crippen LogP contribution >= 0.6 is 0 Å². The third-order valence-electron chi connectivity index (χ3n) is 2.42. The summed E-state index contributed by atoms with van der Waals surface area (Å²) < 4.78 is 5.48. The third kappa shape index (κ3) is 5.84. The maximum absolute atomic E-state index is 10.7. The number of benzene rings is 1. The summed E-state index contributed by atoms with van der Waals surface area (Å²) >= 11 is 0. The fraction of sp³-hybridized carbons (Fsp3) is 0.429. The molecule has 0 radical (unpaired) electrons. The Labute approximate surface area is 102 Å². The van der Waals surface area contributed by atoms with Crippen LogP contribution in [0.2, 0.25) is 0 Å². The van der Waals surface area contributed by atoms with Crippen LogP contribution in [-0.2, 0) is 16.1 Å². The molecule has 0 unspecified atom stereocenters. The van der Waals surface area contributed by atoms with Gasteiger partial charge in [0, 0.05) is 13.0 Å². The summed E-state index contributed by atoms with van der Waals surface area (Å²) in [5.41, 5.74) is 1.73. The molecule has 3 heteroatoms. The van der Waals surface area contributed by atoms with Gasteiger partial charge in [-0.15, -0.1) is 0 Å². The van der Waals surface area contributed by atoms with Crippen LogP contribution in [0.3, 0.4) is 0 Å². The van der Waals surface area contributed by atoms with Crippen LogP contribution in [0.15, 0.2) is 24.3 Å². The van der Waals surface area contributed by atoms with Crippen LogP contribution in [0.1, 0.15) is 37.3 Å². The first-order valence-corrected chi connectivity index (χ1v) is 5.78. The highest BCUT2D eigenvalue weighted by Crippen LogP contribution is 2.05. The van der Waals surface area contributed by atoms with Gasteiger partial charge in [0.25, 0.3) is 0 Å². The second kappa shape index (κ2) is 7.59. The van der Waals surface area contributed by atoms with Gasteiger partial charge in [-0.3, -0.25) is 0 Å². The first-order valence-electron chi connectivity index (χ1n) is 5.78. The lowest BCUT2D eigenvalue weighted by Crippen LogP contribution is -1.97. The van der Waals surface area contributed by atoms with Gasteiger partial charge in [0.05, 0.1) is 18.2 Å². The molecule has 0 atom stereocenters. The predicted octanol–water partition coefficient (Wildman–Crippen LogP) is 2.83. The van der Waals surface area contributed by atoms with Crippen LogP contribution in [0.4, 0.5) is 0 Å². The van der Waals surface area contributed by atoms with Crippen molar-refractivity contribution in [2.75, 3.05) is 6.61 Å². The maximum atomic E-state index is 10.7. The molecule has 1 aromatic carbocycles. The topological polar surface area (TPSA) is 50.1 Å². The van der Waals surface area contributed by atoms with E-state index in [-0.39, 0.29) is 5.78 Å². The van der Waals surface area contributed by atoms with E-state index in [1.807, 2.05) is 12.1 Å². The highest BCUT2D eigenvalue weighted by atomic mass is 16.5. The Balaban J connectivity index is 2.14. The van der Waals surface area contributed by atoms with E-state index in [1.165, 1.54) is 0 Å². The molecule has 0 fully saturated rings. The number of Topliss-reactive ketones (excluding diaryl/α,β-unsaturated/α-hetero) is 1. The van der Waals surface area contributed by atoms with Crippen molar-refractivity contribution in [1.29, 1.82) is 5.26 Å². The molecule has 0 bridgehead atoms. The standard InChI is InChI=1S/C14H17NO2/c1-12(16)4-2-3-9-17-11-14-7-5-13(10-15)6-8-14/h5-8H,2-4,9,11H2,1H3. The lowest BCUT2D eigenvalue weighted by Gasteiger charge is -2.04. The molecule has 0 aromatic heterocycles. The number of unbranched alkanes of at least 4 members (excludes halogenated alkanes) is 1. The second-order valence-corrected chi connectivity index (χ2v) is 4.02. The van der Waals surface area contributed by atoms with E-state index in [9.17, 15) is 4.79 Å². The van der Waals surface area contributed by atoms with Crippen molar-refractivity contribution in [2.24, 2.45) is 0 Å². The normalized spacial score (nSPS) is 9.88. The Hall–Kier alpha value is -1.66. The van der Waals surface area contributed by atoms with Gasteiger partial charge in [0.2, 0.25) is 0 Å². The van der Waals surface area contributed by atoms with E-state index < -0.39 is 0 Å². The van der Waals surface area contributed by atoms with Crippen molar-refractivity contribution in [3.63, 3.8) is 0 Å².